The van der Waals surface area contributed by atoms with Crippen LogP contribution < -0.4 is 11.1 Å². The molecular formula is C14H26Cl2N4O2. The van der Waals surface area contributed by atoms with Crippen molar-refractivity contribution in [2.45, 2.75) is 45.4 Å². The second kappa shape index (κ2) is 10.0. The second-order valence-corrected chi connectivity index (χ2v) is 5.54. The molecule has 3 atom stereocenters. The van der Waals surface area contributed by atoms with Crippen LogP contribution in [0.4, 0.5) is 0 Å². The Morgan fingerprint density at radius 1 is 1.55 bits per heavy atom. The number of nitrogens with two attached hydrogens (primary N) is 1. The lowest BCUT2D eigenvalue weighted by atomic mass is 10.1. The number of aromatic nitrogens is 2. The number of amides is 1. The van der Waals surface area contributed by atoms with Crippen LogP contribution >= 0.6 is 24.8 Å². The van der Waals surface area contributed by atoms with Crippen molar-refractivity contribution < 1.29 is 9.53 Å². The maximum Gasteiger partial charge on any atom is 0.249 e. The molecule has 0 spiro atoms. The lowest BCUT2D eigenvalue weighted by molar-refractivity contribution is -0.132. The summed E-state index contributed by atoms with van der Waals surface area (Å²) < 4.78 is 7.67. The van der Waals surface area contributed by atoms with Crippen molar-refractivity contribution >= 4 is 30.7 Å². The fourth-order valence-corrected chi connectivity index (χ4v) is 2.46. The number of hydrogen-bond donors (Lipinski definition) is 2. The first-order valence-corrected chi connectivity index (χ1v) is 7.21. The summed E-state index contributed by atoms with van der Waals surface area (Å²) in [5.74, 6) is 1.32. The van der Waals surface area contributed by atoms with Crippen molar-refractivity contribution in [1.82, 2.24) is 14.9 Å². The number of halogens is 2. The number of nitrogens with one attached hydrogen (secondary N) is 1. The number of rotatable bonds is 6. The minimum Gasteiger partial charge on any atom is -0.364 e. The van der Waals surface area contributed by atoms with Gasteiger partial charge in [-0.1, -0.05) is 6.92 Å². The second-order valence-electron chi connectivity index (χ2n) is 5.54. The predicted octanol–water partition coefficient (Wildman–Crippen LogP) is 1.29. The molecule has 1 aromatic rings. The Morgan fingerprint density at radius 3 is 2.82 bits per heavy atom. The van der Waals surface area contributed by atoms with E-state index in [0.717, 1.165) is 25.2 Å². The van der Waals surface area contributed by atoms with Crippen LogP contribution in [0.25, 0.3) is 0 Å². The van der Waals surface area contributed by atoms with Gasteiger partial charge < -0.3 is 20.4 Å². The Labute approximate surface area is 144 Å². The lowest BCUT2D eigenvalue weighted by Gasteiger charge is -2.17. The number of ether oxygens (including phenoxy) is 1. The molecule has 1 fully saturated rings. The third kappa shape index (κ3) is 5.76. The van der Waals surface area contributed by atoms with Crippen molar-refractivity contribution in [2.24, 2.45) is 11.7 Å². The summed E-state index contributed by atoms with van der Waals surface area (Å²) in [7, 11) is 0. The maximum absolute atomic E-state index is 12.0. The van der Waals surface area contributed by atoms with E-state index in [0.29, 0.717) is 19.0 Å². The van der Waals surface area contributed by atoms with Gasteiger partial charge in [-0.25, -0.2) is 4.98 Å². The highest BCUT2D eigenvalue weighted by atomic mass is 35.5. The van der Waals surface area contributed by atoms with Gasteiger partial charge in [-0.2, -0.15) is 0 Å². The molecule has 2 heterocycles. The van der Waals surface area contributed by atoms with Crippen molar-refractivity contribution in [2.75, 3.05) is 13.1 Å². The molecule has 0 radical (unpaired) electrons. The standard InChI is InChI=1S/C14H24N4O2.2ClH/c1-10(9-18-6-5-16-11(18)2)8-17-14(19)13-4-3-12(7-15)20-13;;/h5-6,10,12-13H,3-4,7-9,15H2,1-2H3,(H,17,19);2*1H/t10?,12-,13+;;/m1../s1. The summed E-state index contributed by atoms with van der Waals surface area (Å²) in [4.78, 5) is 16.2. The van der Waals surface area contributed by atoms with Crippen LogP contribution in [0.2, 0.25) is 0 Å². The molecule has 8 heteroatoms. The van der Waals surface area contributed by atoms with Crippen molar-refractivity contribution in [3.8, 4) is 0 Å². The third-order valence-electron chi connectivity index (χ3n) is 3.72. The molecule has 0 aromatic carbocycles. The first-order valence-electron chi connectivity index (χ1n) is 7.21. The fraction of sp³-hybridized carbons (Fsp3) is 0.714. The molecule has 0 aliphatic carbocycles. The third-order valence-corrected chi connectivity index (χ3v) is 3.72. The maximum atomic E-state index is 12.0. The SMILES string of the molecule is Cc1nccn1CC(C)CNC(=O)[C@@H]1CC[C@H](CN)O1.Cl.Cl. The number of carbonyl (C=O) groups excluding carboxylic acids is 1. The molecular weight excluding hydrogens is 327 g/mol. The molecule has 3 N–H and O–H groups in total. The molecule has 1 aliphatic rings. The largest absolute Gasteiger partial charge is 0.364 e. The average Bonchev–Trinajstić information content (AvgIpc) is 3.06. The van der Waals surface area contributed by atoms with E-state index in [1.54, 1.807) is 6.20 Å². The molecule has 6 nitrogen and oxygen atoms in total. The van der Waals surface area contributed by atoms with Gasteiger partial charge in [-0.3, -0.25) is 4.79 Å². The van der Waals surface area contributed by atoms with Crippen molar-refractivity contribution in [3.63, 3.8) is 0 Å². The summed E-state index contributed by atoms with van der Waals surface area (Å²) in [6.07, 6.45) is 5.10. The summed E-state index contributed by atoms with van der Waals surface area (Å²) in [6.45, 7) is 6.06. The first kappa shape index (κ1) is 21.2. The van der Waals surface area contributed by atoms with E-state index in [9.17, 15) is 4.79 Å². The summed E-state index contributed by atoms with van der Waals surface area (Å²) >= 11 is 0. The molecule has 22 heavy (non-hydrogen) atoms. The zero-order valence-corrected chi connectivity index (χ0v) is 14.7. The number of imidazole rings is 1. The van der Waals surface area contributed by atoms with E-state index in [2.05, 4.69) is 21.8 Å². The van der Waals surface area contributed by atoms with Crippen LogP contribution in [0.15, 0.2) is 12.4 Å². The van der Waals surface area contributed by atoms with Crippen LogP contribution in [0.3, 0.4) is 0 Å². The monoisotopic (exact) mass is 352 g/mol. The molecule has 1 amide bonds. The predicted molar refractivity (Wildman–Crippen MR) is 90.6 cm³/mol. The van der Waals surface area contributed by atoms with Gasteiger partial charge in [0.1, 0.15) is 11.9 Å². The van der Waals surface area contributed by atoms with Crippen LogP contribution in [0.5, 0.6) is 0 Å². The Morgan fingerprint density at radius 2 is 2.27 bits per heavy atom. The molecule has 0 saturated carbocycles. The Hall–Kier alpha value is -0.820. The van der Waals surface area contributed by atoms with E-state index in [1.165, 1.54) is 0 Å². The topological polar surface area (TPSA) is 82.2 Å². The van der Waals surface area contributed by atoms with Crippen molar-refractivity contribution in [3.05, 3.63) is 18.2 Å². The van der Waals surface area contributed by atoms with Gasteiger partial charge in [0, 0.05) is 32.0 Å². The number of nitrogens with zero attached hydrogens (tertiary/aromatic N) is 2. The first-order chi connectivity index (χ1) is 9.60. The zero-order valence-electron chi connectivity index (χ0n) is 13.0. The molecule has 1 aromatic heterocycles. The highest BCUT2D eigenvalue weighted by molar-refractivity contribution is 5.85. The number of hydrogen-bond acceptors (Lipinski definition) is 4. The molecule has 0 bridgehead atoms. The van der Waals surface area contributed by atoms with Crippen LogP contribution in [0.1, 0.15) is 25.6 Å². The van der Waals surface area contributed by atoms with Gasteiger partial charge in [0.05, 0.1) is 6.10 Å². The Balaban J connectivity index is 0.00000220. The fourth-order valence-electron chi connectivity index (χ4n) is 2.46. The molecule has 128 valence electrons. The lowest BCUT2D eigenvalue weighted by Crippen LogP contribution is -2.38. The Kier molecular flexibility index (Phi) is 9.67. The van der Waals surface area contributed by atoms with E-state index >= 15 is 0 Å². The molecule has 1 saturated heterocycles. The summed E-state index contributed by atoms with van der Waals surface area (Å²) in [5.41, 5.74) is 5.54. The minimum atomic E-state index is -0.328. The van der Waals surface area contributed by atoms with Gasteiger partial charge in [-0.05, 0) is 25.7 Å². The summed E-state index contributed by atoms with van der Waals surface area (Å²) in [6, 6.07) is 0. The number of aryl methyl sites for hydroxylation is 1. The van der Waals surface area contributed by atoms with Crippen LogP contribution in [-0.4, -0.2) is 40.8 Å². The van der Waals surface area contributed by atoms with E-state index in [4.69, 9.17) is 10.5 Å². The van der Waals surface area contributed by atoms with Gasteiger partial charge in [-0.15, -0.1) is 24.8 Å². The quantitative estimate of drug-likeness (QED) is 0.808. The Bertz CT molecular complexity index is 456. The van der Waals surface area contributed by atoms with Gasteiger partial charge in [0.2, 0.25) is 5.91 Å². The average molecular weight is 353 g/mol. The van der Waals surface area contributed by atoms with Gasteiger partial charge in [0.15, 0.2) is 0 Å². The van der Waals surface area contributed by atoms with E-state index in [1.807, 2.05) is 13.1 Å². The molecule has 2 rings (SSSR count). The van der Waals surface area contributed by atoms with E-state index in [-0.39, 0.29) is 42.9 Å². The van der Waals surface area contributed by atoms with E-state index < -0.39 is 0 Å². The highest BCUT2D eigenvalue weighted by Crippen LogP contribution is 2.18. The molecule has 1 aliphatic heterocycles. The smallest absolute Gasteiger partial charge is 0.249 e. The zero-order chi connectivity index (χ0) is 14.5. The normalized spacial score (nSPS) is 21.6. The van der Waals surface area contributed by atoms with Crippen molar-refractivity contribution in [1.29, 1.82) is 0 Å². The van der Waals surface area contributed by atoms with Gasteiger partial charge in [0.25, 0.3) is 0 Å². The number of carbonyl (C=O) groups is 1. The highest BCUT2D eigenvalue weighted by Gasteiger charge is 2.29. The minimum absolute atomic E-state index is 0. The summed E-state index contributed by atoms with van der Waals surface area (Å²) in [5, 5.41) is 2.96. The van der Waals surface area contributed by atoms with Crippen LogP contribution in [-0.2, 0) is 16.1 Å². The molecule has 1 unspecified atom stereocenters. The van der Waals surface area contributed by atoms with Gasteiger partial charge >= 0.3 is 0 Å². The van der Waals surface area contributed by atoms with Crippen LogP contribution in [0, 0.1) is 12.8 Å².